The Hall–Kier alpha value is -2.62. The highest BCUT2D eigenvalue weighted by molar-refractivity contribution is 5.95. The van der Waals surface area contributed by atoms with Gasteiger partial charge >= 0.3 is 0 Å². The van der Waals surface area contributed by atoms with Gasteiger partial charge in [0.05, 0.1) is 5.92 Å². The third-order valence-electron chi connectivity index (χ3n) is 5.59. The molecule has 2 aliphatic rings. The van der Waals surface area contributed by atoms with Gasteiger partial charge in [-0.25, -0.2) is 0 Å². The fourth-order valence-corrected chi connectivity index (χ4v) is 4.19. The number of hydrogen-bond acceptors (Lipinski definition) is 2. The molecule has 4 heteroatoms. The van der Waals surface area contributed by atoms with Crippen molar-refractivity contribution in [2.75, 3.05) is 26.2 Å². The number of benzene rings is 2. The standard InChI is InChI=1S/C22H24N2O2/c25-21(18-11-5-2-6-12-18)24-15-19(17-9-3-1-4-10-17)20(16-24)22(26)23-13-7-8-14-23/h1-6,9-12,19-20H,7-8,13-16H2. The van der Waals surface area contributed by atoms with E-state index in [9.17, 15) is 9.59 Å². The van der Waals surface area contributed by atoms with Gasteiger partial charge in [-0.05, 0) is 30.5 Å². The van der Waals surface area contributed by atoms with Crippen LogP contribution in [0.25, 0.3) is 0 Å². The highest BCUT2D eigenvalue weighted by atomic mass is 16.2. The molecule has 2 fully saturated rings. The molecule has 0 aliphatic carbocycles. The SMILES string of the molecule is O=C(c1ccccc1)N1CC(C(=O)N2CCCC2)C(c2ccccc2)C1. The van der Waals surface area contributed by atoms with E-state index in [-0.39, 0.29) is 23.7 Å². The molecule has 2 aromatic rings. The maximum atomic E-state index is 13.1. The topological polar surface area (TPSA) is 40.6 Å². The predicted molar refractivity (Wildman–Crippen MR) is 101 cm³/mol. The molecule has 0 N–H and O–H groups in total. The van der Waals surface area contributed by atoms with Crippen molar-refractivity contribution in [3.63, 3.8) is 0 Å². The fourth-order valence-electron chi connectivity index (χ4n) is 4.19. The van der Waals surface area contributed by atoms with Crippen LogP contribution in [0.2, 0.25) is 0 Å². The van der Waals surface area contributed by atoms with Gasteiger partial charge in [-0.2, -0.15) is 0 Å². The van der Waals surface area contributed by atoms with E-state index >= 15 is 0 Å². The smallest absolute Gasteiger partial charge is 0.253 e. The molecule has 0 spiro atoms. The van der Waals surface area contributed by atoms with Crippen LogP contribution < -0.4 is 0 Å². The van der Waals surface area contributed by atoms with Crippen LogP contribution in [0.4, 0.5) is 0 Å². The fraction of sp³-hybridized carbons (Fsp3) is 0.364. The lowest BCUT2D eigenvalue weighted by Crippen LogP contribution is -2.37. The molecule has 0 saturated carbocycles. The molecule has 2 unspecified atom stereocenters. The number of hydrogen-bond donors (Lipinski definition) is 0. The lowest BCUT2D eigenvalue weighted by molar-refractivity contribution is -0.134. The summed E-state index contributed by atoms with van der Waals surface area (Å²) in [6.07, 6.45) is 2.17. The summed E-state index contributed by atoms with van der Waals surface area (Å²) in [5.41, 5.74) is 1.84. The monoisotopic (exact) mass is 348 g/mol. The third-order valence-corrected chi connectivity index (χ3v) is 5.59. The van der Waals surface area contributed by atoms with E-state index in [0.29, 0.717) is 18.7 Å². The summed E-state index contributed by atoms with van der Waals surface area (Å²) in [4.78, 5) is 29.9. The first-order chi connectivity index (χ1) is 12.7. The van der Waals surface area contributed by atoms with E-state index in [1.807, 2.05) is 58.3 Å². The number of carbonyl (C=O) groups excluding carboxylic acids is 2. The Balaban J connectivity index is 1.60. The van der Waals surface area contributed by atoms with Crippen molar-refractivity contribution in [1.82, 2.24) is 9.80 Å². The van der Waals surface area contributed by atoms with Gasteiger partial charge < -0.3 is 9.80 Å². The van der Waals surface area contributed by atoms with Gasteiger partial charge in [-0.1, -0.05) is 48.5 Å². The quantitative estimate of drug-likeness (QED) is 0.855. The number of rotatable bonds is 3. The second-order valence-corrected chi connectivity index (χ2v) is 7.23. The third kappa shape index (κ3) is 3.24. The lowest BCUT2D eigenvalue weighted by atomic mass is 9.88. The molecule has 2 aromatic carbocycles. The second kappa shape index (κ2) is 7.32. The Morgan fingerprint density at radius 2 is 1.38 bits per heavy atom. The van der Waals surface area contributed by atoms with Crippen LogP contribution in [-0.2, 0) is 4.79 Å². The molecule has 2 saturated heterocycles. The van der Waals surface area contributed by atoms with Crippen molar-refractivity contribution in [2.24, 2.45) is 5.92 Å². The van der Waals surface area contributed by atoms with Crippen LogP contribution in [0.3, 0.4) is 0 Å². The summed E-state index contributed by atoms with van der Waals surface area (Å²) in [6.45, 7) is 2.80. The molecular formula is C22H24N2O2. The molecule has 0 aromatic heterocycles. The normalized spacial score (nSPS) is 22.6. The summed E-state index contributed by atoms with van der Waals surface area (Å²) < 4.78 is 0. The highest BCUT2D eigenvalue weighted by Crippen LogP contribution is 2.35. The zero-order valence-corrected chi connectivity index (χ0v) is 14.9. The summed E-state index contributed by atoms with van der Waals surface area (Å²) in [7, 11) is 0. The average molecular weight is 348 g/mol. The van der Waals surface area contributed by atoms with Gasteiger partial charge in [0, 0.05) is 37.7 Å². The molecule has 0 radical (unpaired) electrons. The Labute approximate surface area is 154 Å². The lowest BCUT2D eigenvalue weighted by Gasteiger charge is -2.23. The van der Waals surface area contributed by atoms with Gasteiger partial charge in [0.2, 0.25) is 5.91 Å². The summed E-state index contributed by atoms with van der Waals surface area (Å²) >= 11 is 0. The minimum absolute atomic E-state index is 0.0169. The number of amides is 2. The van der Waals surface area contributed by atoms with Gasteiger partial charge in [0.1, 0.15) is 0 Å². The zero-order valence-electron chi connectivity index (χ0n) is 14.9. The average Bonchev–Trinajstić information content (AvgIpc) is 3.38. The van der Waals surface area contributed by atoms with Crippen LogP contribution in [-0.4, -0.2) is 47.8 Å². The summed E-state index contributed by atoms with van der Waals surface area (Å²) in [6, 6.07) is 19.5. The number of nitrogens with zero attached hydrogens (tertiary/aromatic N) is 2. The van der Waals surface area contributed by atoms with Crippen molar-refractivity contribution in [1.29, 1.82) is 0 Å². The van der Waals surface area contributed by atoms with Crippen LogP contribution in [0, 0.1) is 5.92 Å². The maximum absolute atomic E-state index is 13.1. The summed E-state index contributed by atoms with van der Waals surface area (Å²) in [5, 5.41) is 0. The van der Waals surface area contributed by atoms with E-state index in [1.165, 1.54) is 0 Å². The molecule has 4 nitrogen and oxygen atoms in total. The number of carbonyl (C=O) groups is 2. The summed E-state index contributed by atoms with van der Waals surface area (Å²) in [5.74, 6) is 0.142. The van der Waals surface area contributed by atoms with E-state index in [4.69, 9.17) is 0 Å². The van der Waals surface area contributed by atoms with Crippen LogP contribution >= 0.6 is 0 Å². The highest BCUT2D eigenvalue weighted by Gasteiger charge is 2.42. The van der Waals surface area contributed by atoms with Crippen LogP contribution in [0.15, 0.2) is 60.7 Å². The van der Waals surface area contributed by atoms with E-state index in [1.54, 1.807) is 0 Å². The molecule has 2 amide bonds. The van der Waals surface area contributed by atoms with Crippen molar-refractivity contribution >= 4 is 11.8 Å². The van der Waals surface area contributed by atoms with Gasteiger partial charge in [-0.3, -0.25) is 9.59 Å². The Bertz CT molecular complexity index is 769. The molecule has 26 heavy (non-hydrogen) atoms. The Kier molecular flexibility index (Phi) is 4.74. The predicted octanol–water partition coefficient (Wildman–Crippen LogP) is 3.16. The second-order valence-electron chi connectivity index (χ2n) is 7.23. The Morgan fingerprint density at radius 1 is 0.769 bits per heavy atom. The molecule has 2 atom stereocenters. The molecule has 134 valence electrons. The van der Waals surface area contributed by atoms with E-state index in [2.05, 4.69) is 12.1 Å². The van der Waals surface area contributed by atoms with Crippen LogP contribution in [0.5, 0.6) is 0 Å². The van der Waals surface area contributed by atoms with Crippen molar-refractivity contribution in [3.05, 3.63) is 71.8 Å². The van der Waals surface area contributed by atoms with Crippen molar-refractivity contribution in [2.45, 2.75) is 18.8 Å². The molecule has 0 bridgehead atoms. The van der Waals surface area contributed by atoms with Gasteiger partial charge in [-0.15, -0.1) is 0 Å². The number of likely N-dealkylation sites (tertiary alicyclic amines) is 2. The van der Waals surface area contributed by atoms with Crippen molar-refractivity contribution in [3.8, 4) is 0 Å². The van der Waals surface area contributed by atoms with Crippen LogP contribution in [0.1, 0.15) is 34.7 Å². The first-order valence-corrected chi connectivity index (χ1v) is 9.42. The Morgan fingerprint density at radius 3 is 2.04 bits per heavy atom. The molecule has 2 aliphatic heterocycles. The molecule has 4 rings (SSSR count). The largest absolute Gasteiger partial charge is 0.342 e. The molecule has 2 heterocycles. The minimum Gasteiger partial charge on any atom is -0.342 e. The van der Waals surface area contributed by atoms with E-state index in [0.717, 1.165) is 31.5 Å². The van der Waals surface area contributed by atoms with Gasteiger partial charge in [0.15, 0.2) is 0 Å². The first kappa shape index (κ1) is 16.8. The first-order valence-electron chi connectivity index (χ1n) is 9.42. The minimum atomic E-state index is -0.150. The molecular weight excluding hydrogens is 324 g/mol. The van der Waals surface area contributed by atoms with E-state index < -0.39 is 0 Å². The maximum Gasteiger partial charge on any atom is 0.253 e. The van der Waals surface area contributed by atoms with Gasteiger partial charge in [0.25, 0.3) is 5.91 Å². The zero-order chi connectivity index (χ0) is 17.9. The van der Waals surface area contributed by atoms with Crippen molar-refractivity contribution < 1.29 is 9.59 Å².